The summed E-state index contributed by atoms with van der Waals surface area (Å²) in [4.78, 5) is 0.421. The second-order valence-electron chi connectivity index (χ2n) is 5.34. The van der Waals surface area contributed by atoms with Crippen molar-refractivity contribution in [2.24, 2.45) is 0 Å². The van der Waals surface area contributed by atoms with Gasteiger partial charge in [0.25, 0.3) is 0 Å². The minimum atomic E-state index is -3.16. The number of aryl methyl sites for hydroxylation is 1. The van der Waals surface area contributed by atoms with Crippen LogP contribution in [-0.4, -0.2) is 19.3 Å². The maximum Gasteiger partial charge on any atom is 0.178 e. The smallest absolute Gasteiger partial charge is 0.178 e. The van der Waals surface area contributed by atoms with E-state index in [9.17, 15) is 13.5 Å². The van der Waals surface area contributed by atoms with Gasteiger partial charge in [0, 0.05) is 5.69 Å². The zero-order chi connectivity index (χ0) is 15.0. The molecule has 110 valence electrons. The number of phenolic OH excluding ortho intramolecular Hbond substituents is 1. The van der Waals surface area contributed by atoms with E-state index in [4.69, 9.17) is 0 Å². The molecule has 0 radical (unpaired) electrons. The number of hydrogen-bond acceptors (Lipinski definition) is 4. The van der Waals surface area contributed by atoms with Crippen LogP contribution in [0.5, 0.6) is 5.75 Å². The Hall–Kier alpha value is -2.01. The van der Waals surface area contributed by atoms with Gasteiger partial charge in [0.05, 0.1) is 16.7 Å². The van der Waals surface area contributed by atoms with E-state index in [1.807, 2.05) is 25.1 Å². The molecule has 0 spiro atoms. The average molecular weight is 303 g/mol. The highest BCUT2D eigenvalue weighted by molar-refractivity contribution is 7.91. The van der Waals surface area contributed by atoms with Crippen LogP contribution < -0.4 is 5.32 Å². The molecule has 0 amide bonds. The fourth-order valence-corrected chi connectivity index (χ4v) is 4.36. The normalized spacial score (nSPS) is 19.8. The maximum atomic E-state index is 12.1. The molecule has 0 saturated heterocycles. The van der Waals surface area contributed by atoms with Gasteiger partial charge in [-0.05, 0) is 48.7 Å². The van der Waals surface area contributed by atoms with Crippen molar-refractivity contribution >= 4 is 15.5 Å². The summed E-state index contributed by atoms with van der Waals surface area (Å²) in [6.07, 6.45) is 0.541. The molecule has 1 unspecified atom stereocenters. The first-order valence-electron chi connectivity index (χ1n) is 6.85. The number of phenols is 1. The number of nitrogens with one attached hydrogen (secondary N) is 1. The highest BCUT2D eigenvalue weighted by Gasteiger charge is 2.29. The van der Waals surface area contributed by atoms with E-state index in [-0.39, 0.29) is 17.5 Å². The fraction of sp³-hybridized carbons (Fsp3) is 0.250. The lowest BCUT2D eigenvalue weighted by molar-refractivity contribution is 0.475. The summed E-state index contributed by atoms with van der Waals surface area (Å²) in [6, 6.07) is 12.2. The Kier molecular flexibility index (Phi) is 3.37. The summed E-state index contributed by atoms with van der Waals surface area (Å²) in [5.74, 6) is 0.378. The molecule has 1 heterocycles. The van der Waals surface area contributed by atoms with Gasteiger partial charge in [-0.25, -0.2) is 8.42 Å². The molecule has 21 heavy (non-hydrogen) atoms. The summed E-state index contributed by atoms with van der Waals surface area (Å²) >= 11 is 0. The third-order valence-corrected chi connectivity index (χ3v) is 5.66. The maximum absolute atomic E-state index is 12.1. The van der Waals surface area contributed by atoms with E-state index in [2.05, 4.69) is 5.32 Å². The van der Waals surface area contributed by atoms with Crippen molar-refractivity contribution in [3.8, 4) is 5.75 Å². The van der Waals surface area contributed by atoms with E-state index >= 15 is 0 Å². The third kappa shape index (κ3) is 2.61. The molecule has 3 rings (SSSR count). The number of aromatic hydroxyl groups is 1. The molecule has 1 aliphatic heterocycles. The molecule has 1 atom stereocenters. The van der Waals surface area contributed by atoms with E-state index in [0.29, 0.717) is 11.3 Å². The zero-order valence-corrected chi connectivity index (χ0v) is 12.5. The Balaban J connectivity index is 1.97. The molecule has 4 nitrogen and oxygen atoms in total. The lowest BCUT2D eigenvalue weighted by atomic mass is 10.0. The Morgan fingerprint density at radius 2 is 1.95 bits per heavy atom. The van der Waals surface area contributed by atoms with E-state index < -0.39 is 9.84 Å². The minimum Gasteiger partial charge on any atom is -0.508 e. The van der Waals surface area contributed by atoms with E-state index in [0.717, 1.165) is 16.8 Å². The fourth-order valence-electron chi connectivity index (χ4n) is 2.74. The van der Waals surface area contributed by atoms with Crippen molar-refractivity contribution in [2.75, 3.05) is 11.1 Å². The number of benzene rings is 2. The topological polar surface area (TPSA) is 66.4 Å². The molecule has 2 aromatic carbocycles. The molecule has 1 aliphatic rings. The van der Waals surface area contributed by atoms with Crippen LogP contribution in [0.15, 0.2) is 47.4 Å². The number of hydrogen-bond donors (Lipinski definition) is 2. The first-order valence-corrected chi connectivity index (χ1v) is 8.50. The van der Waals surface area contributed by atoms with Gasteiger partial charge in [0.2, 0.25) is 0 Å². The monoisotopic (exact) mass is 303 g/mol. The number of anilines is 1. The summed E-state index contributed by atoms with van der Waals surface area (Å²) in [5.41, 5.74) is 2.66. The lowest BCUT2D eigenvalue weighted by Gasteiger charge is -2.27. The summed E-state index contributed by atoms with van der Waals surface area (Å²) in [6.45, 7) is 1.91. The van der Waals surface area contributed by atoms with Gasteiger partial charge < -0.3 is 10.4 Å². The van der Waals surface area contributed by atoms with Crippen LogP contribution in [0, 0.1) is 6.92 Å². The number of fused-ring (bicyclic) bond motifs is 1. The predicted molar refractivity (Wildman–Crippen MR) is 82.3 cm³/mol. The second kappa shape index (κ2) is 5.07. The first-order chi connectivity index (χ1) is 9.97. The van der Waals surface area contributed by atoms with Crippen molar-refractivity contribution in [2.45, 2.75) is 24.3 Å². The Bertz CT molecular complexity index is 784. The number of sulfone groups is 1. The van der Waals surface area contributed by atoms with Crippen LogP contribution in [-0.2, 0) is 9.84 Å². The van der Waals surface area contributed by atoms with Crippen molar-refractivity contribution in [3.63, 3.8) is 0 Å². The Morgan fingerprint density at radius 1 is 1.19 bits per heavy atom. The van der Waals surface area contributed by atoms with Crippen LogP contribution in [0.3, 0.4) is 0 Å². The second-order valence-corrected chi connectivity index (χ2v) is 7.42. The average Bonchev–Trinajstić information content (AvgIpc) is 2.45. The third-order valence-electron chi connectivity index (χ3n) is 3.84. The SMILES string of the molecule is Cc1cc(O)ccc1NC1CCS(=O)(=O)c2ccccc21. The molecule has 2 N–H and O–H groups in total. The standard InChI is InChI=1S/C16H17NO3S/c1-11-10-12(18)6-7-14(11)17-15-8-9-21(19,20)16-5-3-2-4-13(15)16/h2-7,10,15,17-18H,8-9H2,1H3. The first kappa shape index (κ1) is 13.9. The van der Waals surface area contributed by atoms with Gasteiger partial charge in [-0.3, -0.25) is 0 Å². The predicted octanol–water partition coefficient (Wildman–Crippen LogP) is 3.03. The number of rotatable bonds is 2. The largest absolute Gasteiger partial charge is 0.508 e. The van der Waals surface area contributed by atoms with Gasteiger partial charge in [0.15, 0.2) is 9.84 Å². The van der Waals surface area contributed by atoms with Crippen LogP contribution >= 0.6 is 0 Å². The van der Waals surface area contributed by atoms with Crippen molar-refractivity contribution < 1.29 is 13.5 Å². The zero-order valence-electron chi connectivity index (χ0n) is 11.7. The Morgan fingerprint density at radius 3 is 2.71 bits per heavy atom. The van der Waals surface area contributed by atoms with E-state index in [1.54, 1.807) is 24.3 Å². The molecule has 0 saturated carbocycles. The summed E-state index contributed by atoms with van der Waals surface area (Å²) < 4.78 is 24.2. The Labute approximate surface area is 124 Å². The van der Waals surface area contributed by atoms with E-state index in [1.165, 1.54) is 0 Å². The summed E-state index contributed by atoms with van der Waals surface area (Å²) in [7, 11) is -3.16. The molecule has 0 bridgehead atoms. The van der Waals surface area contributed by atoms with Crippen molar-refractivity contribution in [3.05, 3.63) is 53.6 Å². The van der Waals surface area contributed by atoms with Gasteiger partial charge in [0.1, 0.15) is 5.75 Å². The summed E-state index contributed by atoms with van der Waals surface area (Å²) in [5, 5.41) is 12.9. The molecular formula is C16H17NO3S. The molecule has 5 heteroatoms. The highest BCUT2D eigenvalue weighted by atomic mass is 32.2. The molecular weight excluding hydrogens is 286 g/mol. The van der Waals surface area contributed by atoms with Crippen molar-refractivity contribution in [1.82, 2.24) is 0 Å². The molecule has 0 fully saturated rings. The molecule has 2 aromatic rings. The van der Waals surface area contributed by atoms with Gasteiger partial charge in [-0.1, -0.05) is 18.2 Å². The molecule has 0 aliphatic carbocycles. The van der Waals surface area contributed by atoms with Crippen LogP contribution in [0.25, 0.3) is 0 Å². The van der Waals surface area contributed by atoms with Gasteiger partial charge >= 0.3 is 0 Å². The minimum absolute atomic E-state index is 0.0343. The lowest BCUT2D eigenvalue weighted by Crippen LogP contribution is -2.24. The highest BCUT2D eigenvalue weighted by Crippen LogP contribution is 2.35. The van der Waals surface area contributed by atoms with Crippen molar-refractivity contribution in [1.29, 1.82) is 0 Å². The van der Waals surface area contributed by atoms with Crippen LogP contribution in [0.4, 0.5) is 5.69 Å². The van der Waals surface area contributed by atoms with Crippen LogP contribution in [0.1, 0.15) is 23.6 Å². The van der Waals surface area contributed by atoms with Gasteiger partial charge in [-0.15, -0.1) is 0 Å². The van der Waals surface area contributed by atoms with Crippen LogP contribution in [0.2, 0.25) is 0 Å². The molecule has 0 aromatic heterocycles. The van der Waals surface area contributed by atoms with Gasteiger partial charge in [-0.2, -0.15) is 0 Å². The quantitative estimate of drug-likeness (QED) is 0.837.